The normalized spacial score (nSPS) is 17.9. The number of benzene rings is 1. The van der Waals surface area contributed by atoms with Crippen LogP contribution in [0.25, 0.3) is 11.0 Å². The van der Waals surface area contributed by atoms with Gasteiger partial charge in [0.15, 0.2) is 5.60 Å². The third-order valence-electron chi connectivity index (χ3n) is 5.61. The number of thiazole rings is 1. The van der Waals surface area contributed by atoms with Gasteiger partial charge in [0.05, 0.1) is 16.8 Å². The van der Waals surface area contributed by atoms with E-state index in [4.69, 9.17) is 0 Å². The molecule has 4 N–H and O–H groups in total. The van der Waals surface area contributed by atoms with E-state index in [1.165, 1.54) is 11.3 Å². The van der Waals surface area contributed by atoms with Gasteiger partial charge in [0.1, 0.15) is 22.8 Å². The number of nitrogens with one attached hydrogen (secondary N) is 3. The maximum atomic E-state index is 10.7. The highest BCUT2D eigenvalue weighted by atomic mass is 32.1. The van der Waals surface area contributed by atoms with Gasteiger partial charge in [-0.1, -0.05) is 11.8 Å². The molecule has 0 spiro atoms. The number of aromatic nitrogens is 4. The van der Waals surface area contributed by atoms with Gasteiger partial charge in [-0.2, -0.15) is 0 Å². The van der Waals surface area contributed by atoms with Crippen LogP contribution in [0.2, 0.25) is 0 Å². The van der Waals surface area contributed by atoms with Crippen LogP contribution in [-0.2, 0) is 5.60 Å². The molecule has 2 atom stereocenters. The van der Waals surface area contributed by atoms with E-state index in [1.807, 2.05) is 29.8 Å². The maximum Gasteiger partial charge on any atom is 0.174 e. The zero-order valence-corrected chi connectivity index (χ0v) is 19.3. The smallest absolute Gasteiger partial charge is 0.174 e. The first-order valence-electron chi connectivity index (χ1n) is 10.8. The van der Waals surface area contributed by atoms with Gasteiger partial charge in [0.25, 0.3) is 0 Å². The predicted molar refractivity (Wildman–Crippen MR) is 132 cm³/mol. The lowest BCUT2D eigenvalue weighted by atomic mass is 10.1. The number of piperazine rings is 1. The summed E-state index contributed by atoms with van der Waals surface area (Å²) in [4.78, 5) is 18.4. The Morgan fingerprint density at radius 2 is 2.18 bits per heavy atom. The van der Waals surface area contributed by atoms with Gasteiger partial charge in [-0.15, -0.1) is 11.3 Å². The molecule has 0 amide bonds. The molecule has 9 heteroatoms. The number of hydrogen-bond acceptors (Lipinski definition) is 8. The van der Waals surface area contributed by atoms with Crippen molar-refractivity contribution in [2.45, 2.75) is 25.5 Å². The van der Waals surface area contributed by atoms with Crippen LogP contribution in [0.1, 0.15) is 24.4 Å². The van der Waals surface area contributed by atoms with E-state index in [0.29, 0.717) is 11.0 Å². The fraction of sp³-hybridized carbons (Fsp3) is 0.292. The summed E-state index contributed by atoms with van der Waals surface area (Å²) in [6.07, 6.45) is 5.07. The molecule has 8 nitrogen and oxygen atoms in total. The van der Waals surface area contributed by atoms with Crippen LogP contribution in [0.3, 0.4) is 0 Å². The van der Waals surface area contributed by atoms with Crippen LogP contribution in [0, 0.1) is 11.8 Å². The molecule has 0 aliphatic carbocycles. The van der Waals surface area contributed by atoms with Gasteiger partial charge in [-0.3, -0.25) is 0 Å². The number of aliphatic hydroxyl groups is 1. The lowest BCUT2D eigenvalue weighted by molar-refractivity contribution is 0.122. The van der Waals surface area contributed by atoms with Crippen molar-refractivity contribution in [3.63, 3.8) is 0 Å². The molecule has 4 heterocycles. The average molecular weight is 460 g/mol. The Bertz CT molecular complexity index is 1320. The van der Waals surface area contributed by atoms with Crippen molar-refractivity contribution in [3.05, 3.63) is 58.9 Å². The Hall–Kier alpha value is -3.45. The molecule has 0 radical (unpaired) electrons. The Labute approximate surface area is 196 Å². The maximum absolute atomic E-state index is 10.7. The summed E-state index contributed by atoms with van der Waals surface area (Å²) in [7, 11) is 0. The molecule has 3 aromatic heterocycles. The van der Waals surface area contributed by atoms with Crippen LogP contribution in [0.5, 0.6) is 0 Å². The number of hydrogen-bond donors (Lipinski definition) is 4. The van der Waals surface area contributed by atoms with Gasteiger partial charge in [-0.25, -0.2) is 15.0 Å². The summed E-state index contributed by atoms with van der Waals surface area (Å²) in [6, 6.07) is 8.43. The van der Waals surface area contributed by atoms with Gasteiger partial charge in [0, 0.05) is 49.0 Å². The molecular formula is C24H25N7OS. The Kier molecular flexibility index (Phi) is 5.72. The lowest BCUT2D eigenvalue weighted by Crippen LogP contribution is -2.49. The van der Waals surface area contributed by atoms with E-state index in [9.17, 15) is 5.11 Å². The van der Waals surface area contributed by atoms with Crippen LogP contribution in [-0.4, -0.2) is 50.7 Å². The monoisotopic (exact) mass is 459 g/mol. The van der Waals surface area contributed by atoms with Crippen LogP contribution < -0.4 is 15.5 Å². The van der Waals surface area contributed by atoms with Gasteiger partial charge in [-0.05, 0) is 38.1 Å². The van der Waals surface area contributed by atoms with Crippen molar-refractivity contribution in [3.8, 4) is 11.8 Å². The third-order valence-corrected chi connectivity index (χ3v) is 6.60. The zero-order chi connectivity index (χ0) is 22.8. The fourth-order valence-corrected chi connectivity index (χ4v) is 4.60. The highest BCUT2D eigenvalue weighted by Gasteiger charge is 2.23. The summed E-state index contributed by atoms with van der Waals surface area (Å²) in [5, 5.41) is 21.1. The highest BCUT2D eigenvalue weighted by Crippen LogP contribution is 2.32. The molecule has 33 heavy (non-hydrogen) atoms. The first kappa shape index (κ1) is 21.4. The summed E-state index contributed by atoms with van der Waals surface area (Å²) in [6.45, 7) is 6.59. The second-order valence-electron chi connectivity index (χ2n) is 8.28. The van der Waals surface area contributed by atoms with Crippen molar-refractivity contribution in [2.24, 2.45) is 0 Å². The Balaban J connectivity index is 1.53. The number of anilines is 3. The molecule has 4 aromatic rings. The van der Waals surface area contributed by atoms with E-state index < -0.39 is 5.60 Å². The van der Waals surface area contributed by atoms with E-state index in [2.05, 4.69) is 60.3 Å². The van der Waals surface area contributed by atoms with E-state index >= 15 is 0 Å². The van der Waals surface area contributed by atoms with Crippen LogP contribution in [0.4, 0.5) is 17.2 Å². The molecule has 1 aromatic carbocycles. The topological polar surface area (TPSA) is 102 Å². The quantitative estimate of drug-likeness (QED) is 0.348. The Morgan fingerprint density at radius 3 is 3.00 bits per heavy atom. The van der Waals surface area contributed by atoms with E-state index in [1.54, 1.807) is 19.4 Å². The third kappa shape index (κ3) is 4.54. The molecule has 1 aliphatic heterocycles. The highest BCUT2D eigenvalue weighted by molar-refractivity contribution is 7.09. The molecule has 1 fully saturated rings. The molecule has 0 bridgehead atoms. The van der Waals surface area contributed by atoms with Gasteiger partial charge >= 0.3 is 0 Å². The molecular weight excluding hydrogens is 434 g/mol. The summed E-state index contributed by atoms with van der Waals surface area (Å²) in [5.41, 5.74) is 2.26. The van der Waals surface area contributed by atoms with Crippen molar-refractivity contribution >= 4 is 39.6 Å². The SMILES string of the molecule is CC1CN(c2ccc(C#C[C@@](C)(O)c3nccs3)cc2Nc2ncnc3[nH]ccc23)CCN1. The average Bonchev–Trinajstić information content (AvgIpc) is 3.51. The van der Waals surface area contributed by atoms with Crippen molar-refractivity contribution in [1.29, 1.82) is 0 Å². The lowest BCUT2D eigenvalue weighted by Gasteiger charge is -2.35. The van der Waals surface area contributed by atoms with Crippen LogP contribution in [0.15, 0.2) is 48.4 Å². The molecule has 168 valence electrons. The summed E-state index contributed by atoms with van der Waals surface area (Å²) in [5.74, 6) is 6.83. The summed E-state index contributed by atoms with van der Waals surface area (Å²) >= 11 is 1.39. The number of fused-ring (bicyclic) bond motifs is 1. The minimum atomic E-state index is -1.31. The van der Waals surface area contributed by atoms with E-state index in [-0.39, 0.29) is 0 Å². The number of aromatic amines is 1. The first-order valence-corrected chi connectivity index (χ1v) is 11.7. The molecule has 5 rings (SSSR count). The van der Waals surface area contributed by atoms with Crippen molar-refractivity contribution in [1.82, 2.24) is 25.3 Å². The van der Waals surface area contributed by atoms with Crippen LogP contribution >= 0.6 is 11.3 Å². The number of nitrogens with zero attached hydrogens (tertiary/aromatic N) is 4. The standard InChI is InChI=1S/C24H25N7OS/c1-16-14-31(11-9-25-16)20-4-3-17(5-7-24(2,32)23-27-10-12-33-23)13-19(20)30-22-18-6-8-26-21(18)28-15-29-22/h3-4,6,8,10,12-13,15-16,25,32H,9,11,14H2,1-2H3,(H2,26,28,29,30)/t16?,24-/m1/s1. The van der Waals surface area contributed by atoms with Gasteiger partial charge < -0.3 is 25.6 Å². The molecule has 0 saturated carbocycles. The summed E-state index contributed by atoms with van der Waals surface area (Å²) < 4.78 is 0. The second kappa shape index (κ2) is 8.83. The largest absolute Gasteiger partial charge is 0.371 e. The second-order valence-corrected chi connectivity index (χ2v) is 9.17. The number of H-pyrrole nitrogens is 1. The first-order chi connectivity index (χ1) is 16.0. The van der Waals surface area contributed by atoms with Gasteiger partial charge in [0.2, 0.25) is 0 Å². The van der Waals surface area contributed by atoms with E-state index in [0.717, 1.165) is 53.4 Å². The van der Waals surface area contributed by atoms with Crippen molar-refractivity contribution in [2.75, 3.05) is 29.9 Å². The minimum Gasteiger partial charge on any atom is -0.371 e. The predicted octanol–water partition coefficient (Wildman–Crippen LogP) is 3.22. The Morgan fingerprint density at radius 1 is 1.27 bits per heavy atom. The molecule has 1 saturated heterocycles. The molecule has 1 unspecified atom stereocenters. The number of rotatable bonds is 4. The zero-order valence-electron chi connectivity index (χ0n) is 18.5. The van der Waals surface area contributed by atoms with Crippen molar-refractivity contribution < 1.29 is 5.11 Å². The minimum absolute atomic E-state index is 0.398. The fourth-order valence-electron chi connectivity index (χ4n) is 3.95. The molecule has 1 aliphatic rings.